The van der Waals surface area contributed by atoms with Crippen LogP contribution in [0.3, 0.4) is 0 Å². The standard InChI is InChI=1S/C17H20N2O2/c1-3-15-12-16(19(4-2)18-15)13-21-17-10-6-5-8-14(17)9-7-11-20/h5-6,8,10,12,20H,3-4,11,13H2,1-2H3. The minimum atomic E-state index is -0.156. The predicted octanol–water partition coefficient (Wildman–Crippen LogP) is 2.39. The summed E-state index contributed by atoms with van der Waals surface area (Å²) in [4.78, 5) is 0. The van der Waals surface area contributed by atoms with Crippen molar-refractivity contribution in [2.24, 2.45) is 0 Å². The molecule has 1 heterocycles. The largest absolute Gasteiger partial charge is 0.486 e. The van der Waals surface area contributed by atoms with E-state index in [1.54, 1.807) is 0 Å². The third-order valence-electron chi connectivity index (χ3n) is 3.14. The maximum Gasteiger partial charge on any atom is 0.135 e. The lowest BCUT2D eigenvalue weighted by Gasteiger charge is -2.09. The van der Waals surface area contributed by atoms with E-state index in [1.165, 1.54) is 0 Å². The lowest BCUT2D eigenvalue weighted by atomic mass is 10.2. The fraction of sp³-hybridized carbons (Fsp3) is 0.353. The maximum atomic E-state index is 8.80. The summed E-state index contributed by atoms with van der Waals surface area (Å²) in [5, 5.41) is 13.3. The molecule has 4 heteroatoms. The summed E-state index contributed by atoms with van der Waals surface area (Å²) in [5.74, 6) is 6.27. The van der Waals surface area contributed by atoms with Crippen LogP contribution < -0.4 is 4.74 Å². The van der Waals surface area contributed by atoms with E-state index in [-0.39, 0.29) is 6.61 Å². The van der Waals surface area contributed by atoms with E-state index >= 15 is 0 Å². The third-order valence-corrected chi connectivity index (χ3v) is 3.14. The number of benzene rings is 1. The fourth-order valence-corrected chi connectivity index (χ4v) is 2.06. The molecule has 0 amide bonds. The van der Waals surface area contributed by atoms with Gasteiger partial charge in [0.15, 0.2) is 0 Å². The Bertz CT molecular complexity index is 650. The zero-order chi connectivity index (χ0) is 15.1. The van der Waals surface area contributed by atoms with E-state index < -0.39 is 0 Å². The number of para-hydroxylation sites is 1. The maximum absolute atomic E-state index is 8.80. The van der Waals surface area contributed by atoms with Crippen LogP contribution in [0.2, 0.25) is 0 Å². The van der Waals surface area contributed by atoms with Crippen molar-refractivity contribution < 1.29 is 9.84 Å². The number of rotatable bonds is 5. The summed E-state index contributed by atoms with van der Waals surface area (Å²) in [6.45, 7) is 5.28. The molecule has 21 heavy (non-hydrogen) atoms. The monoisotopic (exact) mass is 284 g/mol. The summed E-state index contributed by atoms with van der Waals surface area (Å²) in [6, 6.07) is 9.65. The van der Waals surface area contributed by atoms with Gasteiger partial charge in [0, 0.05) is 6.54 Å². The van der Waals surface area contributed by atoms with Crippen molar-refractivity contribution in [3.05, 3.63) is 47.3 Å². The molecule has 0 saturated carbocycles. The van der Waals surface area contributed by atoms with E-state index in [1.807, 2.05) is 28.9 Å². The summed E-state index contributed by atoms with van der Waals surface area (Å²) in [7, 11) is 0. The van der Waals surface area contributed by atoms with Crippen molar-refractivity contribution >= 4 is 0 Å². The van der Waals surface area contributed by atoms with Gasteiger partial charge in [-0.2, -0.15) is 5.10 Å². The molecule has 0 atom stereocenters. The van der Waals surface area contributed by atoms with Crippen molar-refractivity contribution in [3.63, 3.8) is 0 Å². The van der Waals surface area contributed by atoms with Crippen LogP contribution in [0.5, 0.6) is 5.75 Å². The van der Waals surface area contributed by atoms with Crippen molar-refractivity contribution in [2.45, 2.75) is 33.4 Å². The zero-order valence-corrected chi connectivity index (χ0v) is 12.5. The van der Waals surface area contributed by atoms with Crippen molar-refractivity contribution in [1.29, 1.82) is 0 Å². The Balaban J connectivity index is 2.15. The number of aliphatic hydroxyl groups excluding tert-OH is 1. The number of hydrogen-bond donors (Lipinski definition) is 1. The summed E-state index contributed by atoms with van der Waals surface area (Å²) in [5.41, 5.74) is 2.91. The highest BCUT2D eigenvalue weighted by Crippen LogP contribution is 2.18. The highest BCUT2D eigenvalue weighted by atomic mass is 16.5. The zero-order valence-electron chi connectivity index (χ0n) is 12.5. The van der Waals surface area contributed by atoms with Gasteiger partial charge in [-0.15, -0.1) is 0 Å². The van der Waals surface area contributed by atoms with Crippen molar-refractivity contribution in [1.82, 2.24) is 9.78 Å². The smallest absolute Gasteiger partial charge is 0.135 e. The molecule has 2 aromatic rings. The van der Waals surface area contributed by atoms with Gasteiger partial charge in [0.25, 0.3) is 0 Å². The van der Waals surface area contributed by atoms with Crippen LogP contribution in [-0.4, -0.2) is 21.5 Å². The Kier molecular flexibility index (Phi) is 5.42. The molecule has 0 unspecified atom stereocenters. The van der Waals surface area contributed by atoms with E-state index in [0.29, 0.717) is 6.61 Å². The summed E-state index contributed by atoms with van der Waals surface area (Å²) in [6.07, 6.45) is 0.915. The normalized spacial score (nSPS) is 10.0. The van der Waals surface area contributed by atoms with Gasteiger partial charge in [-0.1, -0.05) is 30.9 Å². The van der Waals surface area contributed by atoms with Gasteiger partial charge in [0.2, 0.25) is 0 Å². The molecule has 0 aliphatic rings. The molecular formula is C17H20N2O2. The molecule has 0 bridgehead atoms. The molecule has 4 nitrogen and oxygen atoms in total. The van der Waals surface area contributed by atoms with Gasteiger partial charge in [-0.05, 0) is 31.5 Å². The lowest BCUT2D eigenvalue weighted by Crippen LogP contribution is -2.06. The van der Waals surface area contributed by atoms with E-state index in [2.05, 4.69) is 36.9 Å². The number of aliphatic hydroxyl groups is 1. The highest BCUT2D eigenvalue weighted by Gasteiger charge is 2.07. The van der Waals surface area contributed by atoms with Crippen molar-refractivity contribution in [2.75, 3.05) is 6.61 Å². The van der Waals surface area contributed by atoms with Gasteiger partial charge >= 0.3 is 0 Å². The molecule has 0 spiro atoms. The topological polar surface area (TPSA) is 47.3 Å². The number of nitrogens with zero attached hydrogens (tertiary/aromatic N) is 2. The second-order valence-electron chi connectivity index (χ2n) is 4.54. The first-order valence-electron chi connectivity index (χ1n) is 7.15. The van der Waals surface area contributed by atoms with Crippen LogP contribution in [0.4, 0.5) is 0 Å². The Morgan fingerprint density at radius 1 is 1.29 bits per heavy atom. The number of hydrogen-bond acceptors (Lipinski definition) is 3. The molecular weight excluding hydrogens is 264 g/mol. The first-order valence-corrected chi connectivity index (χ1v) is 7.15. The molecule has 0 aliphatic heterocycles. The van der Waals surface area contributed by atoms with E-state index in [4.69, 9.17) is 9.84 Å². The second kappa shape index (κ2) is 7.51. The van der Waals surface area contributed by atoms with Crippen LogP contribution in [-0.2, 0) is 19.6 Å². The predicted molar refractivity (Wildman–Crippen MR) is 82.0 cm³/mol. The van der Waals surface area contributed by atoms with Crippen molar-refractivity contribution in [3.8, 4) is 17.6 Å². The first-order chi connectivity index (χ1) is 10.3. The molecule has 2 rings (SSSR count). The second-order valence-corrected chi connectivity index (χ2v) is 4.54. The van der Waals surface area contributed by atoms with Gasteiger partial charge in [0.1, 0.15) is 19.0 Å². The molecule has 110 valence electrons. The molecule has 0 radical (unpaired) electrons. The lowest BCUT2D eigenvalue weighted by molar-refractivity contribution is 0.291. The van der Waals surface area contributed by atoms with E-state index in [9.17, 15) is 0 Å². The van der Waals surface area contributed by atoms with Crippen LogP contribution in [0.15, 0.2) is 30.3 Å². The van der Waals surface area contributed by atoms with Gasteiger partial charge in [0.05, 0.1) is 17.0 Å². The van der Waals surface area contributed by atoms with Crippen LogP contribution >= 0.6 is 0 Å². The minimum Gasteiger partial charge on any atom is -0.486 e. The highest BCUT2D eigenvalue weighted by molar-refractivity contribution is 5.45. The number of aryl methyl sites for hydroxylation is 2. The first kappa shape index (κ1) is 15.1. The third kappa shape index (κ3) is 3.87. The van der Waals surface area contributed by atoms with Crippen LogP contribution in [0, 0.1) is 11.8 Å². The molecule has 0 fully saturated rings. The Labute approximate surface area is 125 Å². The fourth-order valence-electron chi connectivity index (χ4n) is 2.06. The Hall–Kier alpha value is -2.25. The Morgan fingerprint density at radius 3 is 2.81 bits per heavy atom. The van der Waals surface area contributed by atoms with Crippen LogP contribution in [0.25, 0.3) is 0 Å². The average Bonchev–Trinajstić information content (AvgIpc) is 2.94. The Morgan fingerprint density at radius 2 is 2.10 bits per heavy atom. The number of ether oxygens (including phenoxy) is 1. The molecule has 1 N–H and O–H groups in total. The van der Waals surface area contributed by atoms with Crippen LogP contribution in [0.1, 0.15) is 30.8 Å². The average molecular weight is 284 g/mol. The van der Waals surface area contributed by atoms with E-state index in [0.717, 1.165) is 35.7 Å². The summed E-state index contributed by atoms with van der Waals surface area (Å²) < 4.78 is 7.83. The van der Waals surface area contributed by atoms with Gasteiger partial charge in [-0.3, -0.25) is 4.68 Å². The van der Waals surface area contributed by atoms with Gasteiger partial charge < -0.3 is 9.84 Å². The quantitative estimate of drug-likeness (QED) is 0.858. The summed E-state index contributed by atoms with van der Waals surface area (Å²) >= 11 is 0. The molecule has 1 aromatic carbocycles. The molecule has 0 aliphatic carbocycles. The molecule has 0 saturated heterocycles. The van der Waals surface area contributed by atoms with Gasteiger partial charge in [-0.25, -0.2) is 0 Å². The number of aromatic nitrogens is 2. The molecule has 1 aromatic heterocycles. The SMILES string of the molecule is CCc1cc(COc2ccccc2C#CCO)n(CC)n1. The minimum absolute atomic E-state index is 0.156.